The lowest BCUT2D eigenvalue weighted by atomic mass is 10.1. The summed E-state index contributed by atoms with van der Waals surface area (Å²) in [5.74, 6) is 1.87. The van der Waals surface area contributed by atoms with Gasteiger partial charge >= 0.3 is 0 Å². The van der Waals surface area contributed by atoms with Crippen LogP contribution < -0.4 is 10.1 Å². The van der Waals surface area contributed by atoms with Crippen molar-refractivity contribution in [2.45, 2.75) is 32.2 Å². The van der Waals surface area contributed by atoms with Gasteiger partial charge in [-0.3, -0.25) is 0 Å². The van der Waals surface area contributed by atoms with Crippen LogP contribution in [-0.2, 0) is 0 Å². The minimum absolute atomic E-state index is 0.407. The predicted octanol–water partition coefficient (Wildman–Crippen LogP) is 3.08. The molecule has 0 aromatic heterocycles. The topological polar surface area (TPSA) is 24.5 Å². The summed E-state index contributed by atoms with van der Waals surface area (Å²) in [6, 6.07) is 8.87. The zero-order chi connectivity index (χ0) is 14.4. The molecular weight excluding hydrogens is 248 g/mol. The Morgan fingerprint density at radius 3 is 2.55 bits per heavy atom. The number of nitrogens with one attached hydrogen (secondary N) is 1. The first-order valence-electron chi connectivity index (χ1n) is 7.78. The van der Waals surface area contributed by atoms with Crippen LogP contribution >= 0.6 is 0 Å². The second-order valence-corrected chi connectivity index (χ2v) is 5.94. The monoisotopic (exact) mass is 276 g/mol. The summed E-state index contributed by atoms with van der Waals surface area (Å²) >= 11 is 0. The maximum Gasteiger partial charge on any atom is 0.118 e. The van der Waals surface area contributed by atoms with Crippen molar-refractivity contribution >= 4 is 0 Å². The predicted molar refractivity (Wildman–Crippen MR) is 84.2 cm³/mol. The van der Waals surface area contributed by atoms with E-state index in [1.54, 1.807) is 7.11 Å². The number of methoxy groups -OCH3 is 1. The van der Waals surface area contributed by atoms with Gasteiger partial charge in [0.1, 0.15) is 5.75 Å². The fourth-order valence-electron chi connectivity index (χ4n) is 2.57. The van der Waals surface area contributed by atoms with Crippen LogP contribution in [0.1, 0.15) is 37.8 Å². The molecule has 0 heterocycles. The first-order chi connectivity index (χ1) is 9.72. The molecule has 3 heteroatoms. The molecule has 1 saturated carbocycles. The molecule has 0 spiro atoms. The Morgan fingerprint density at radius 2 is 2.00 bits per heavy atom. The standard InChI is InChI=1S/C17H28N2O/c1-4-11-18-17(13-19(2)12-14-5-6-14)15-7-9-16(20-3)10-8-15/h7-10,14,17-18H,4-6,11-13H2,1-3H3. The van der Waals surface area contributed by atoms with Gasteiger partial charge in [-0.25, -0.2) is 0 Å². The lowest BCUT2D eigenvalue weighted by Gasteiger charge is -2.25. The maximum absolute atomic E-state index is 5.24. The lowest BCUT2D eigenvalue weighted by Crippen LogP contribution is -2.34. The highest BCUT2D eigenvalue weighted by atomic mass is 16.5. The quantitative estimate of drug-likeness (QED) is 0.750. The molecular formula is C17H28N2O. The highest BCUT2D eigenvalue weighted by Gasteiger charge is 2.24. The van der Waals surface area contributed by atoms with Crippen molar-refractivity contribution in [3.63, 3.8) is 0 Å². The van der Waals surface area contributed by atoms with Gasteiger partial charge in [0.25, 0.3) is 0 Å². The van der Waals surface area contributed by atoms with E-state index in [2.05, 4.69) is 48.5 Å². The molecule has 1 aliphatic carbocycles. The summed E-state index contributed by atoms with van der Waals surface area (Å²) in [5, 5.41) is 3.67. The highest BCUT2D eigenvalue weighted by Crippen LogP contribution is 2.30. The highest BCUT2D eigenvalue weighted by molar-refractivity contribution is 5.29. The smallest absolute Gasteiger partial charge is 0.118 e. The van der Waals surface area contributed by atoms with E-state index in [4.69, 9.17) is 4.74 Å². The molecule has 1 fully saturated rings. The molecule has 2 rings (SSSR count). The summed E-state index contributed by atoms with van der Waals surface area (Å²) in [6.07, 6.45) is 4.00. The molecule has 1 aromatic rings. The Labute approximate surface area is 123 Å². The first-order valence-corrected chi connectivity index (χ1v) is 7.78. The number of hydrogen-bond donors (Lipinski definition) is 1. The van der Waals surface area contributed by atoms with Gasteiger partial charge in [0.2, 0.25) is 0 Å². The molecule has 1 aromatic carbocycles. The van der Waals surface area contributed by atoms with Gasteiger partial charge in [-0.05, 0) is 56.5 Å². The summed E-state index contributed by atoms with van der Waals surface area (Å²) in [5.41, 5.74) is 1.35. The third-order valence-electron chi connectivity index (χ3n) is 3.92. The van der Waals surface area contributed by atoms with Gasteiger partial charge in [-0.15, -0.1) is 0 Å². The second kappa shape index (κ2) is 7.65. The molecule has 112 valence electrons. The van der Waals surface area contributed by atoms with Crippen LogP contribution in [-0.4, -0.2) is 38.7 Å². The number of ether oxygens (including phenoxy) is 1. The lowest BCUT2D eigenvalue weighted by molar-refractivity contribution is 0.280. The van der Waals surface area contributed by atoms with Crippen LogP contribution in [0, 0.1) is 5.92 Å². The molecule has 0 radical (unpaired) electrons. The van der Waals surface area contributed by atoms with Gasteiger partial charge in [-0.2, -0.15) is 0 Å². The average Bonchev–Trinajstić information content (AvgIpc) is 3.27. The van der Waals surface area contributed by atoms with Crippen molar-refractivity contribution in [1.29, 1.82) is 0 Å². The van der Waals surface area contributed by atoms with Crippen molar-refractivity contribution in [3.05, 3.63) is 29.8 Å². The molecule has 20 heavy (non-hydrogen) atoms. The number of likely N-dealkylation sites (N-methyl/N-ethyl adjacent to an activating group) is 1. The van der Waals surface area contributed by atoms with Crippen LogP contribution in [0.2, 0.25) is 0 Å². The van der Waals surface area contributed by atoms with Gasteiger partial charge in [0.15, 0.2) is 0 Å². The largest absolute Gasteiger partial charge is 0.497 e. The molecule has 0 saturated heterocycles. The van der Waals surface area contributed by atoms with Crippen molar-refractivity contribution in [2.75, 3.05) is 33.8 Å². The number of nitrogens with zero attached hydrogens (tertiary/aromatic N) is 1. The molecule has 0 bridgehead atoms. The zero-order valence-electron chi connectivity index (χ0n) is 13.1. The van der Waals surface area contributed by atoms with E-state index in [0.29, 0.717) is 6.04 Å². The van der Waals surface area contributed by atoms with Crippen LogP contribution in [0.3, 0.4) is 0 Å². The van der Waals surface area contributed by atoms with Crippen LogP contribution in [0.25, 0.3) is 0 Å². The van der Waals surface area contributed by atoms with Gasteiger partial charge in [0.05, 0.1) is 7.11 Å². The van der Waals surface area contributed by atoms with Crippen molar-refractivity contribution in [1.82, 2.24) is 10.2 Å². The van der Waals surface area contributed by atoms with E-state index in [0.717, 1.165) is 24.8 Å². The van der Waals surface area contributed by atoms with Crippen molar-refractivity contribution in [2.24, 2.45) is 5.92 Å². The summed E-state index contributed by atoms with van der Waals surface area (Å²) < 4.78 is 5.24. The van der Waals surface area contributed by atoms with Crippen LogP contribution in [0.5, 0.6) is 5.75 Å². The van der Waals surface area contributed by atoms with E-state index < -0.39 is 0 Å². The van der Waals surface area contributed by atoms with Crippen LogP contribution in [0.15, 0.2) is 24.3 Å². The fraction of sp³-hybridized carbons (Fsp3) is 0.647. The normalized spacial score (nSPS) is 16.4. The SMILES string of the molecule is CCCNC(CN(C)CC1CC1)c1ccc(OC)cc1. The minimum atomic E-state index is 0.407. The summed E-state index contributed by atoms with van der Waals surface area (Å²) in [6.45, 7) is 5.59. The number of hydrogen-bond acceptors (Lipinski definition) is 3. The average molecular weight is 276 g/mol. The summed E-state index contributed by atoms with van der Waals surface area (Å²) in [4.78, 5) is 2.47. The Morgan fingerprint density at radius 1 is 1.30 bits per heavy atom. The molecule has 1 N–H and O–H groups in total. The van der Waals surface area contributed by atoms with Gasteiger partial charge in [0, 0.05) is 19.1 Å². The maximum atomic E-state index is 5.24. The van der Waals surface area contributed by atoms with Crippen LogP contribution in [0.4, 0.5) is 0 Å². The van der Waals surface area contributed by atoms with E-state index in [9.17, 15) is 0 Å². The van der Waals surface area contributed by atoms with Gasteiger partial charge in [-0.1, -0.05) is 19.1 Å². The van der Waals surface area contributed by atoms with Gasteiger partial charge < -0.3 is 15.0 Å². The Kier molecular flexibility index (Phi) is 5.86. The Bertz CT molecular complexity index is 386. The van der Waals surface area contributed by atoms with E-state index in [1.807, 2.05) is 0 Å². The van der Waals surface area contributed by atoms with Crippen molar-refractivity contribution < 1.29 is 4.74 Å². The Balaban J connectivity index is 1.96. The second-order valence-electron chi connectivity index (χ2n) is 5.94. The fourth-order valence-corrected chi connectivity index (χ4v) is 2.57. The molecule has 1 atom stereocenters. The van der Waals surface area contributed by atoms with E-state index in [-0.39, 0.29) is 0 Å². The minimum Gasteiger partial charge on any atom is -0.497 e. The van der Waals surface area contributed by atoms with E-state index in [1.165, 1.54) is 31.4 Å². The van der Waals surface area contributed by atoms with E-state index >= 15 is 0 Å². The number of benzene rings is 1. The Hall–Kier alpha value is -1.06. The summed E-state index contributed by atoms with van der Waals surface area (Å²) in [7, 11) is 3.95. The van der Waals surface area contributed by atoms with Crippen molar-refractivity contribution in [3.8, 4) is 5.75 Å². The zero-order valence-corrected chi connectivity index (χ0v) is 13.1. The molecule has 1 unspecified atom stereocenters. The third-order valence-corrected chi connectivity index (χ3v) is 3.92. The molecule has 0 amide bonds. The third kappa shape index (κ3) is 4.80. The molecule has 0 aliphatic heterocycles. The first kappa shape index (κ1) is 15.3. The molecule has 3 nitrogen and oxygen atoms in total. The number of rotatable bonds is 9. The molecule has 1 aliphatic rings.